The molecule has 1 aliphatic rings. The summed E-state index contributed by atoms with van der Waals surface area (Å²) in [6.07, 6.45) is 5.86. The maximum atomic E-state index is 11.7. The van der Waals surface area contributed by atoms with Gasteiger partial charge < -0.3 is 15.0 Å². The molecule has 1 rings (SSSR count). The minimum absolute atomic E-state index is 0.238. The van der Waals surface area contributed by atoms with Gasteiger partial charge in [0, 0.05) is 19.1 Å². The predicted octanol–water partition coefficient (Wildman–Crippen LogP) is 1.22. The summed E-state index contributed by atoms with van der Waals surface area (Å²) >= 11 is 0. The summed E-state index contributed by atoms with van der Waals surface area (Å²) in [5.74, 6) is 2.53. The molecule has 0 radical (unpaired) electrons. The van der Waals surface area contributed by atoms with Crippen molar-refractivity contribution < 1.29 is 9.53 Å². The minimum Gasteiger partial charge on any atom is -0.444 e. The van der Waals surface area contributed by atoms with Crippen LogP contribution in [0.5, 0.6) is 0 Å². The van der Waals surface area contributed by atoms with Crippen LogP contribution >= 0.6 is 0 Å². The molecule has 1 fully saturated rings. The summed E-state index contributed by atoms with van der Waals surface area (Å²) in [6, 6.07) is 0.295. The van der Waals surface area contributed by atoms with Gasteiger partial charge >= 0.3 is 6.09 Å². The number of nitrogens with zero attached hydrogens (tertiary/aromatic N) is 1. The molecule has 1 atom stereocenters. The van der Waals surface area contributed by atoms with Gasteiger partial charge in [0.1, 0.15) is 5.60 Å². The van der Waals surface area contributed by atoms with E-state index in [1.54, 1.807) is 4.90 Å². The van der Waals surface area contributed by atoms with Crippen LogP contribution in [0, 0.1) is 12.3 Å². The predicted molar refractivity (Wildman–Crippen MR) is 63.0 cm³/mol. The lowest BCUT2D eigenvalue weighted by atomic mass is 10.2. The Kier molecular flexibility index (Phi) is 4.19. The molecule has 0 aromatic heterocycles. The summed E-state index contributed by atoms with van der Waals surface area (Å²) in [5.41, 5.74) is -0.429. The quantitative estimate of drug-likeness (QED) is 0.717. The highest BCUT2D eigenvalue weighted by atomic mass is 16.6. The van der Waals surface area contributed by atoms with Crippen LogP contribution in [0.15, 0.2) is 0 Å². The van der Waals surface area contributed by atoms with Gasteiger partial charge in [0.15, 0.2) is 0 Å². The first kappa shape index (κ1) is 12.9. The lowest BCUT2D eigenvalue weighted by Gasteiger charge is -2.24. The molecule has 0 aromatic rings. The van der Waals surface area contributed by atoms with Crippen LogP contribution in [-0.2, 0) is 4.74 Å². The number of hydrogen-bond donors (Lipinski definition) is 1. The molecular formula is C12H20N2O2. The van der Waals surface area contributed by atoms with E-state index in [1.807, 2.05) is 20.8 Å². The average Bonchev–Trinajstić information content (AvgIpc) is 2.60. The summed E-state index contributed by atoms with van der Waals surface area (Å²) in [7, 11) is 0. The fraction of sp³-hybridized carbons (Fsp3) is 0.750. The Labute approximate surface area is 97.3 Å². The van der Waals surface area contributed by atoms with Crippen LogP contribution in [0.2, 0.25) is 0 Å². The highest BCUT2D eigenvalue weighted by Gasteiger charge is 2.29. The normalized spacial score (nSPS) is 20.6. The van der Waals surface area contributed by atoms with E-state index in [1.165, 1.54) is 0 Å². The lowest BCUT2D eigenvalue weighted by molar-refractivity contribution is 0.0291. The van der Waals surface area contributed by atoms with Crippen molar-refractivity contribution in [2.24, 2.45) is 0 Å². The van der Waals surface area contributed by atoms with Gasteiger partial charge in [0.2, 0.25) is 0 Å². The van der Waals surface area contributed by atoms with Gasteiger partial charge in [-0.2, -0.15) is 0 Å². The molecule has 4 heteroatoms. The molecule has 90 valence electrons. The number of carbonyl (C=O) groups excluding carboxylic acids is 1. The Balaban J connectivity index is 2.36. The zero-order valence-corrected chi connectivity index (χ0v) is 10.2. The Morgan fingerprint density at radius 1 is 1.62 bits per heavy atom. The molecule has 0 aromatic carbocycles. The van der Waals surface area contributed by atoms with Crippen molar-refractivity contribution in [3.8, 4) is 12.3 Å². The molecule has 0 unspecified atom stereocenters. The van der Waals surface area contributed by atoms with E-state index < -0.39 is 5.60 Å². The number of likely N-dealkylation sites (tertiary alicyclic amines) is 1. The van der Waals surface area contributed by atoms with Crippen molar-refractivity contribution in [3.05, 3.63) is 0 Å². The van der Waals surface area contributed by atoms with Crippen molar-refractivity contribution in [1.29, 1.82) is 0 Å². The second-order valence-corrected chi connectivity index (χ2v) is 5.00. The van der Waals surface area contributed by atoms with Crippen molar-refractivity contribution >= 4 is 6.09 Å². The topological polar surface area (TPSA) is 41.6 Å². The third-order valence-corrected chi connectivity index (χ3v) is 2.33. The van der Waals surface area contributed by atoms with Crippen LogP contribution in [0.1, 0.15) is 27.2 Å². The standard InChI is InChI=1S/C12H20N2O2/c1-5-7-13-10-6-8-14(9-10)11(15)16-12(2,3)4/h1,10,13H,6-9H2,2-4H3/t10-/m0/s1. The molecule has 1 aliphatic heterocycles. The van der Waals surface area contributed by atoms with E-state index in [0.717, 1.165) is 13.0 Å². The van der Waals surface area contributed by atoms with E-state index >= 15 is 0 Å². The smallest absolute Gasteiger partial charge is 0.410 e. The largest absolute Gasteiger partial charge is 0.444 e. The fourth-order valence-electron chi connectivity index (χ4n) is 1.62. The molecule has 16 heavy (non-hydrogen) atoms. The zero-order valence-electron chi connectivity index (χ0n) is 10.2. The molecule has 1 saturated heterocycles. The molecule has 1 heterocycles. The van der Waals surface area contributed by atoms with E-state index in [2.05, 4.69) is 11.2 Å². The fourth-order valence-corrected chi connectivity index (χ4v) is 1.62. The maximum Gasteiger partial charge on any atom is 0.410 e. The number of nitrogens with one attached hydrogen (secondary N) is 1. The van der Waals surface area contributed by atoms with Crippen molar-refractivity contribution in [3.63, 3.8) is 0 Å². The summed E-state index contributed by atoms with van der Waals surface area (Å²) in [4.78, 5) is 13.4. The zero-order chi connectivity index (χ0) is 12.2. The van der Waals surface area contributed by atoms with Crippen LogP contribution in [0.4, 0.5) is 4.79 Å². The Morgan fingerprint density at radius 3 is 2.88 bits per heavy atom. The number of ether oxygens (including phenoxy) is 1. The van der Waals surface area contributed by atoms with Crippen LogP contribution < -0.4 is 5.32 Å². The van der Waals surface area contributed by atoms with Crippen LogP contribution in [0.3, 0.4) is 0 Å². The first-order valence-electron chi connectivity index (χ1n) is 5.57. The SMILES string of the molecule is C#CCN[C@H]1CCN(C(=O)OC(C)(C)C)C1. The number of hydrogen-bond acceptors (Lipinski definition) is 3. The van der Waals surface area contributed by atoms with Gasteiger partial charge in [0.05, 0.1) is 6.54 Å². The Morgan fingerprint density at radius 2 is 2.31 bits per heavy atom. The second kappa shape index (κ2) is 5.22. The Hall–Kier alpha value is -1.21. The number of rotatable bonds is 2. The molecule has 0 aliphatic carbocycles. The van der Waals surface area contributed by atoms with Gasteiger partial charge in [-0.1, -0.05) is 5.92 Å². The highest BCUT2D eigenvalue weighted by Crippen LogP contribution is 2.14. The average molecular weight is 224 g/mol. The van der Waals surface area contributed by atoms with Gasteiger partial charge in [-0.25, -0.2) is 4.79 Å². The van der Waals surface area contributed by atoms with Crippen LogP contribution in [0.25, 0.3) is 0 Å². The monoisotopic (exact) mass is 224 g/mol. The second-order valence-electron chi connectivity index (χ2n) is 5.00. The summed E-state index contributed by atoms with van der Waals surface area (Å²) in [6.45, 7) is 7.57. The molecule has 0 saturated carbocycles. The Bertz CT molecular complexity index is 288. The van der Waals surface area contributed by atoms with Gasteiger partial charge in [-0.15, -0.1) is 6.42 Å². The van der Waals surface area contributed by atoms with E-state index in [4.69, 9.17) is 11.2 Å². The van der Waals surface area contributed by atoms with Gasteiger partial charge in [0.25, 0.3) is 0 Å². The first-order chi connectivity index (χ1) is 7.42. The van der Waals surface area contributed by atoms with Crippen LogP contribution in [-0.4, -0.2) is 42.3 Å². The van der Waals surface area contributed by atoms with E-state index in [9.17, 15) is 4.79 Å². The molecule has 0 bridgehead atoms. The summed E-state index contributed by atoms with van der Waals surface area (Å²) in [5, 5.41) is 3.19. The van der Waals surface area contributed by atoms with E-state index in [-0.39, 0.29) is 6.09 Å². The van der Waals surface area contributed by atoms with Crippen molar-refractivity contribution in [2.75, 3.05) is 19.6 Å². The summed E-state index contributed by atoms with van der Waals surface area (Å²) < 4.78 is 5.29. The number of terminal acetylenes is 1. The van der Waals surface area contributed by atoms with Crippen molar-refractivity contribution in [1.82, 2.24) is 10.2 Å². The maximum absolute atomic E-state index is 11.7. The van der Waals surface area contributed by atoms with Gasteiger partial charge in [-0.05, 0) is 27.2 Å². The third-order valence-electron chi connectivity index (χ3n) is 2.33. The third kappa shape index (κ3) is 4.11. The molecular weight excluding hydrogens is 204 g/mol. The minimum atomic E-state index is -0.429. The lowest BCUT2D eigenvalue weighted by Crippen LogP contribution is -2.38. The van der Waals surface area contributed by atoms with Crippen molar-refractivity contribution in [2.45, 2.75) is 38.8 Å². The van der Waals surface area contributed by atoms with Gasteiger partial charge in [-0.3, -0.25) is 0 Å². The first-order valence-corrected chi connectivity index (χ1v) is 5.57. The van der Waals surface area contributed by atoms with E-state index in [0.29, 0.717) is 19.1 Å². The molecule has 1 N–H and O–H groups in total. The molecule has 0 spiro atoms. The molecule has 1 amide bonds. The number of amides is 1. The number of carbonyl (C=O) groups is 1. The highest BCUT2D eigenvalue weighted by molar-refractivity contribution is 5.68. The molecule has 4 nitrogen and oxygen atoms in total.